The molecule has 1 aromatic heterocycles. The Morgan fingerprint density at radius 1 is 1.30 bits per heavy atom. The van der Waals surface area contributed by atoms with E-state index in [0.717, 1.165) is 4.90 Å². The van der Waals surface area contributed by atoms with E-state index in [1.54, 1.807) is 0 Å². The highest BCUT2D eigenvalue weighted by Crippen LogP contribution is 2.37. The topological polar surface area (TPSA) is 90.4 Å². The number of nitriles is 1. The van der Waals surface area contributed by atoms with Crippen molar-refractivity contribution in [3.05, 3.63) is 34.8 Å². The maximum Gasteiger partial charge on any atom is 0.395 e. The zero-order valence-electron chi connectivity index (χ0n) is 12.9. The number of hydrogen-bond acceptors (Lipinski definition) is 5. The number of amides is 1. The van der Waals surface area contributed by atoms with E-state index < -0.39 is 76.9 Å². The molecule has 0 spiro atoms. The van der Waals surface area contributed by atoms with Crippen molar-refractivity contribution >= 4 is 5.91 Å². The summed E-state index contributed by atoms with van der Waals surface area (Å²) in [7, 11) is 0. The molecule has 1 aromatic carbocycles. The molecule has 0 saturated carbocycles. The molecular formula is C15H7F6N3O3. The average molecular weight is 391 g/mol. The summed E-state index contributed by atoms with van der Waals surface area (Å²) in [5.41, 5.74) is -2.29. The number of aromatic hydroxyl groups is 1. The second kappa shape index (κ2) is 6.19. The van der Waals surface area contributed by atoms with Gasteiger partial charge in [-0.3, -0.25) is 4.79 Å². The van der Waals surface area contributed by atoms with Crippen molar-refractivity contribution in [3.63, 3.8) is 0 Å². The van der Waals surface area contributed by atoms with E-state index in [9.17, 15) is 41.5 Å². The molecule has 0 radical (unpaired) electrons. The third-order valence-corrected chi connectivity index (χ3v) is 4.02. The monoisotopic (exact) mass is 391 g/mol. The van der Waals surface area contributed by atoms with Crippen molar-refractivity contribution in [3.8, 4) is 23.1 Å². The van der Waals surface area contributed by atoms with Gasteiger partial charge >= 0.3 is 6.18 Å². The van der Waals surface area contributed by atoms with Gasteiger partial charge in [0.2, 0.25) is 5.82 Å². The Morgan fingerprint density at radius 2 is 1.93 bits per heavy atom. The molecule has 142 valence electrons. The van der Waals surface area contributed by atoms with Gasteiger partial charge in [0.15, 0.2) is 28.8 Å². The van der Waals surface area contributed by atoms with Crippen molar-refractivity contribution in [1.82, 2.24) is 10.1 Å². The van der Waals surface area contributed by atoms with Crippen molar-refractivity contribution < 1.29 is 40.8 Å². The van der Waals surface area contributed by atoms with Crippen LogP contribution in [0.3, 0.4) is 0 Å². The molecular weight excluding hydrogens is 384 g/mol. The first-order valence-corrected chi connectivity index (χ1v) is 7.18. The van der Waals surface area contributed by atoms with Crippen LogP contribution in [0.5, 0.6) is 5.75 Å². The highest BCUT2D eigenvalue weighted by Gasteiger charge is 2.49. The van der Waals surface area contributed by atoms with Gasteiger partial charge in [0.1, 0.15) is 11.6 Å². The van der Waals surface area contributed by atoms with Crippen molar-refractivity contribution in [2.45, 2.75) is 6.18 Å². The minimum absolute atomic E-state index is 0.281. The van der Waals surface area contributed by atoms with Crippen LogP contribution in [-0.4, -0.2) is 40.3 Å². The molecule has 1 amide bonds. The minimum Gasteiger partial charge on any atom is -0.503 e. The minimum atomic E-state index is -4.49. The number of aromatic nitrogens is 1. The Labute approximate surface area is 146 Å². The van der Waals surface area contributed by atoms with Crippen LogP contribution in [0, 0.1) is 34.7 Å². The SMILES string of the molecule is N#Cc1c(C(=O)N2CC(C(F)(F)F)C2)noc1-c1cc(F)c(F)c(O)c1F. The number of carbonyl (C=O) groups is 1. The zero-order chi connectivity index (χ0) is 20.1. The predicted octanol–water partition coefficient (Wildman–Crippen LogP) is 2.97. The number of rotatable bonds is 2. The highest BCUT2D eigenvalue weighted by atomic mass is 19.4. The molecule has 1 fully saturated rings. The van der Waals surface area contributed by atoms with Gasteiger partial charge < -0.3 is 14.5 Å². The van der Waals surface area contributed by atoms with Crippen LogP contribution in [0.4, 0.5) is 26.3 Å². The summed E-state index contributed by atoms with van der Waals surface area (Å²) in [5.74, 6) is -10.4. The van der Waals surface area contributed by atoms with Crippen LogP contribution in [-0.2, 0) is 0 Å². The largest absolute Gasteiger partial charge is 0.503 e. The Bertz CT molecular complexity index is 973. The summed E-state index contributed by atoms with van der Waals surface area (Å²) in [6.07, 6.45) is -4.49. The molecule has 0 aliphatic carbocycles. The maximum atomic E-state index is 14.0. The van der Waals surface area contributed by atoms with Gasteiger partial charge in [0.25, 0.3) is 5.91 Å². The van der Waals surface area contributed by atoms with E-state index >= 15 is 0 Å². The normalized spacial score (nSPS) is 14.8. The zero-order valence-corrected chi connectivity index (χ0v) is 12.9. The van der Waals surface area contributed by atoms with E-state index in [2.05, 4.69) is 9.68 Å². The summed E-state index contributed by atoms with van der Waals surface area (Å²) in [6.45, 7) is -1.31. The van der Waals surface area contributed by atoms with E-state index in [-0.39, 0.29) is 6.07 Å². The Kier molecular flexibility index (Phi) is 4.25. The van der Waals surface area contributed by atoms with E-state index in [1.165, 1.54) is 6.07 Å². The number of phenols is 1. The lowest BCUT2D eigenvalue weighted by atomic mass is 9.98. The Balaban J connectivity index is 1.96. The summed E-state index contributed by atoms with van der Waals surface area (Å²) in [4.78, 5) is 13.0. The molecule has 6 nitrogen and oxygen atoms in total. The summed E-state index contributed by atoms with van der Waals surface area (Å²) in [6, 6.07) is 1.74. The van der Waals surface area contributed by atoms with Gasteiger partial charge in [-0.2, -0.15) is 22.8 Å². The molecule has 3 rings (SSSR count). The van der Waals surface area contributed by atoms with Gasteiger partial charge in [-0.15, -0.1) is 0 Å². The van der Waals surface area contributed by atoms with Crippen LogP contribution in [0.15, 0.2) is 10.6 Å². The van der Waals surface area contributed by atoms with Crippen molar-refractivity contribution in [1.29, 1.82) is 5.26 Å². The summed E-state index contributed by atoms with van der Waals surface area (Å²) < 4.78 is 82.8. The lowest BCUT2D eigenvalue weighted by Crippen LogP contribution is -2.55. The number of hydrogen-bond donors (Lipinski definition) is 1. The van der Waals surface area contributed by atoms with Crippen molar-refractivity contribution in [2.24, 2.45) is 5.92 Å². The summed E-state index contributed by atoms with van der Waals surface area (Å²) in [5, 5.41) is 21.7. The number of halogens is 6. The third kappa shape index (κ3) is 2.94. The number of carbonyl (C=O) groups excluding carboxylic acids is 1. The number of likely N-dealkylation sites (tertiary alicyclic amines) is 1. The van der Waals surface area contributed by atoms with E-state index in [1.807, 2.05) is 0 Å². The maximum absolute atomic E-state index is 14.0. The van der Waals surface area contributed by atoms with Gasteiger partial charge in [-0.25, -0.2) is 8.78 Å². The van der Waals surface area contributed by atoms with Crippen LogP contribution in [0.25, 0.3) is 11.3 Å². The number of nitrogens with zero attached hydrogens (tertiary/aromatic N) is 3. The van der Waals surface area contributed by atoms with Gasteiger partial charge in [0, 0.05) is 13.1 Å². The van der Waals surface area contributed by atoms with Crippen LogP contribution in [0.2, 0.25) is 0 Å². The molecule has 0 atom stereocenters. The number of phenolic OH excluding ortho intramolecular Hbond substituents is 1. The fourth-order valence-corrected chi connectivity index (χ4v) is 2.48. The molecule has 2 heterocycles. The van der Waals surface area contributed by atoms with Crippen LogP contribution in [0.1, 0.15) is 16.1 Å². The van der Waals surface area contributed by atoms with Gasteiger partial charge in [-0.1, -0.05) is 5.16 Å². The molecule has 1 aliphatic heterocycles. The van der Waals surface area contributed by atoms with Crippen LogP contribution < -0.4 is 0 Å². The first-order chi connectivity index (χ1) is 12.6. The van der Waals surface area contributed by atoms with E-state index in [0.29, 0.717) is 0 Å². The fraction of sp³-hybridized carbons (Fsp3) is 0.267. The quantitative estimate of drug-likeness (QED) is 0.628. The fourth-order valence-electron chi connectivity index (χ4n) is 2.48. The smallest absolute Gasteiger partial charge is 0.395 e. The van der Waals surface area contributed by atoms with Crippen molar-refractivity contribution in [2.75, 3.05) is 13.1 Å². The molecule has 12 heteroatoms. The summed E-state index contributed by atoms with van der Waals surface area (Å²) >= 11 is 0. The first kappa shape index (κ1) is 18.6. The average Bonchev–Trinajstić information content (AvgIpc) is 2.97. The van der Waals surface area contributed by atoms with E-state index in [4.69, 9.17) is 0 Å². The molecule has 0 unspecified atom stereocenters. The molecule has 0 bridgehead atoms. The molecule has 1 aliphatic rings. The molecule has 1 N–H and O–H groups in total. The number of alkyl halides is 3. The van der Waals surface area contributed by atoms with Gasteiger partial charge in [-0.05, 0) is 6.07 Å². The lowest BCUT2D eigenvalue weighted by molar-refractivity contribution is -0.202. The second-order valence-corrected chi connectivity index (χ2v) is 5.68. The third-order valence-electron chi connectivity index (χ3n) is 4.02. The molecule has 1 saturated heterocycles. The lowest BCUT2D eigenvalue weighted by Gasteiger charge is -2.39. The Morgan fingerprint density at radius 3 is 2.48 bits per heavy atom. The molecule has 2 aromatic rings. The first-order valence-electron chi connectivity index (χ1n) is 7.18. The highest BCUT2D eigenvalue weighted by molar-refractivity contribution is 5.97. The number of benzene rings is 1. The standard InChI is InChI=1S/C15H7F6N3O3/c16-8-1-6(9(17)12(25)10(8)18)13-7(2-22)11(23-27-13)14(26)24-3-5(4-24)15(19,20)21/h1,5,25H,3-4H2. The molecule has 27 heavy (non-hydrogen) atoms. The second-order valence-electron chi connectivity index (χ2n) is 5.68. The predicted molar refractivity (Wildman–Crippen MR) is 73.6 cm³/mol. The van der Waals surface area contributed by atoms with Crippen LogP contribution >= 0.6 is 0 Å². The Hall–Kier alpha value is -3.23. The van der Waals surface area contributed by atoms with Gasteiger partial charge in [0.05, 0.1) is 11.5 Å².